The highest BCUT2D eigenvalue weighted by molar-refractivity contribution is 5.69. The molecule has 0 spiro atoms. The van der Waals surface area contributed by atoms with Crippen LogP contribution in [0.4, 0.5) is 0 Å². The Balaban J connectivity index is 1.93. The number of aryl methyl sites for hydroxylation is 1. The van der Waals surface area contributed by atoms with E-state index in [0.717, 1.165) is 29.9 Å². The van der Waals surface area contributed by atoms with E-state index in [4.69, 9.17) is 0 Å². The molecule has 1 N–H and O–H groups in total. The van der Waals surface area contributed by atoms with E-state index in [0.29, 0.717) is 11.6 Å². The Kier molecular flexibility index (Phi) is 3.51. The molecule has 0 amide bonds. The highest BCUT2D eigenvalue weighted by Crippen LogP contribution is 2.37. The lowest BCUT2D eigenvalue weighted by molar-refractivity contribution is 0.552. The van der Waals surface area contributed by atoms with E-state index < -0.39 is 0 Å². The van der Waals surface area contributed by atoms with Crippen molar-refractivity contribution in [2.45, 2.75) is 44.9 Å². The molecule has 1 saturated carbocycles. The van der Waals surface area contributed by atoms with Crippen LogP contribution in [0.25, 0.3) is 12.2 Å². The van der Waals surface area contributed by atoms with Crippen LogP contribution in [-0.4, -0.2) is 19.7 Å². The lowest BCUT2D eigenvalue weighted by atomic mass is 9.89. The van der Waals surface area contributed by atoms with Crippen molar-refractivity contribution in [1.82, 2.24) is 19.7 Å². The molecule has 1 aliphatic rings. The van der Waals surface area contributed by atoms with E-state index in [-0.39, 0.29) is 11.0 Å². The lowest BCUT2D eigenvalue weighted by Gasteiger charge is -2.16. The maximum atomic E-state index is 11.7. The van der Waals surface area contributed by atoms with E-state index >= 15 is 0 Å². The Labute approximate surface area is 130 Å². The molecule has 5 nitrogen and oxygen atoms in total. The van der Waals surface area contributed by atoms with E-state index in [1.165, 1.54) is 6.07 Å². The molecule has 0 radical (unpaired) electrons. The zero-order chi connectivity index (χ0) is 15.9. The van der Waals surface area contributed by atoms with E-state index in [1.807, 2.05) is 30.1 Å². The first-order valence-corrected chi connectivity index (χ1v) is 7.66. The summed E-state index contributed by atoms with van der Waals surface area (Å²) in [6, 6.07) is 1.54. The molecule has 2 heterocycles. The van der Waals surface area contributed by atoms with Crippen molar-refractivity contribution < 1.29 is 0 Å². The first-order chi connectivity index (χ1) is 10.3. The highest BCUT2D eigenvalue weighted by atomic mass is 16.1. The zero-order valence-corrected chi connectivity index (χ0v) is 13.6. The molecule has 0 aliphatic heterocycles. The third kappa shape index (κ3) is 3.18. The van der Waals surface area contributed by atoms with Gasteiger partial charge in [-0.1, -0.05) is 20.8 Å². The molecule has 1 aliphatic carbocycles. The average Bonchev–Trinajstić information content (AvgIpc) is 3.18. The van der Waals surface area contributed by atoms with Gasteiger partial charge in [-0.2, -0.15) is 5.10 Å². The van der Waals surface area contributed by atoms with E-state index in [9.17, 15) is 4.79 Å². The smallest absolute Gasteiger partial charge is 0.251 e. The number of nitrogens with zero attached hydrogens (tertiary/aromatic N) is 3. The van der Waals surface area contributed by atoms with Gasteiger partial charge < -0.3 is 4.98 Å². The van der Waals surface area contributed by atoms with Gasteiger partial charge in [-0.3, -0.25) is 9.48 Å². The second-order valence-electron chi connectivity index (χ2n) is 7.02. The summed E-state index contributed by atoms with van der Waals surface area (Å²) >= 11 is 0. The standard InChI is InChI=1S/C17H22N4O/c1-17(2,3)15-12(10-21(4)20-15)7-8-13-9-14(22)19-16(18-13)11-5-6-11/h7-11H,5-6H2,1-4H3,(H,18,19,22). The number of H-pyrrole nitrogens is 1. The molecular formula is C17H22N4O. The summed E-state index contributed by atoms with van der Waals surface area (Å²) < 4.78 is 1.82. The molecule has 1 fully saturated rings. The number of hydrogen-bond acceptors (Lipinski definition) is 3. The molecule has 0 bridgehead atoms. The van der Waals surface area contributed by atoms with Crippen LogP contribution in [0.3, 0.4) is 0 Å². The predicted octanol–water partition coefficient (Wildman–Crippen LogP) is 2.85. The Morgan fingerprint density at radius 2 is 2.05 bits per heavy atom. The normalized spacial score (nSPS) is 15.6. The summed E-state index contributed by atoms with van der Waals surface area (Å²) in [6.07, 6.45) is 8.12. The molecule has 0 aromatic carbocycles. The summed E-state index contributed by atoms with van der Waals surface area (Å²) in [6.45, 7) is 6.43. The van der Waals surface area contributed by atoms with Gasteiger partial charge in [0.2, 0.25) is 0 Å². The molecule has 3 rings (SSSR count). The maximum Gasteiger partial charge on any atom is 0.251 e. The second-order valence-corrected chi connectivity index (χ2v) is 7.02. The minimum absolute atomic E-state index is 0.0261. The van der Waals surface area contributed by atoms with Crippen molar-refractivity contribution >= 4 is 12.2 Å². The van der Waals surface area contributed by atoms with Gasteiger partial charge in [0.05, 0.1) is 11.4 Å². The Bertz CT molecular complexity index is 773. The van der Waals surface area contributed by atoms with Crippen LogP contribution in [0.2, 0.25) is 0 Å². The van der Waals surface area contributed by atoms with Crippen LogP contribution in [0.5, 0.6) is 0 Å². The van der Waals surface area contributed by atoms with Crippen LogP contribution in [0.1, 0.15) is 62.3 Å². The second kappa shape index (κ2) is 5.23. The molecule has 2 aromatic heterocycles. The largest absolute Gasteiger partial charge is 0.310 e. The van der Waals surface area contributed by atoms with Crippen LogP contribution < -0.4 is 5.56 Å². The van der Waals surface area contributed by atoms with Crippen LogP contribution >= 0.6 is 0 Å². The SMILES string of the molecule is Cn1cc(C=Cc2cc(=O)[nH]c(C3CC3)n2)c(C(C)(C)C)n1. The Morgan fingerprint density at radius 1 is 1.32 bits per heavy atom. The van der Waals surface area contributed by atoms with Crippen molar-refractivity contribution in [3.63, 3.8) is 0 Å². The molecule has 116 valence electrons. The summed E-state index contributed by atoms with van der Waals surface area (Å²) in [4.78, 5) is 19.1. The predicted molar refractivity (Wildman–Crippen MR) is 87.7 cm³/mol. The maximum absolute atomic E-state index is 11.7. The number of aromatic amines is 1. The quantitative estimate of drug-likeness (QED) is 0.947. The third-order valence-electron chi connectivity index (χ3n) is 3.75. The molecule has 2 aromatic rings. The van der Waals surface area contributed by atoms with Crippen molar-refractivity contribution in [1.29, 1.82) is 0 Å². The Hall–Kier alpha value is -2.17. The van der Waals surface area contributed by atoms with Gasteiger partial charge in [-0.15, -0.1) is 0 Å². The first-order valence-electron chi connectivity index (χ1n) is 7.66. The Morgan fingerprint density at radius 3 is 2.68 bits per heavy atom. The van der Waals surface area contributed by atoms with Gasteiger partial charge in [0.25, 0.3) is 5.56 Å². The topological polar surface area (TPSA) is 63.6 Å². The van der Waals surface area contributed by atoms with Crippen LogP contribution in [0.15, 0.2) is 17.1 Å². The number of rotatable bonds is 3. The van der Waals surface area contributed by atoms with Gasteiger partial charge in [0.1, 0.15) is 5.82 Å². The van der Waals surface area contributed by atoms with Crippen molar-refractivity contribution in [2.24, 2.45) is 7.05 Å². The average molecular weight is 298 g/mol. The fourth-order valence-corrected chi connectivity index (χ4v) is 2.52. The van der Waals surface area contributed by atoms with Gasteiger partial charge in [0, 0.05) is 36.2 Å². The first kappa shape index (κ1) is 14.8. The van der Waals surface area contributed by atoms with Crippen molar-refractivity contribution in [2.75, 3.05) is 0 Å². The van der Waals surface area contributed by atoms with Crippen molar-refractivity contribution in [3.8, 4) is 0 Å². The highest BCUT2D eigenvalue weighted by Gasteiger charge is 2.26. The van der Waals surface area contributed by atoms with Gasteiger partial charge in [0.15, 0.2) is 0 Å². The van der Waals surface area contributed by atoms with Gasteiger partial charge in [-0.05, 0) is 25.0 Å². The monoisotopic (exact) mass is 298 g/mol. The van der Waals surface area contributed by atoms with Gasteiger partial charge >= 0.3 is 0 Å². The van der Waals surface area contributed by atoms with Crippen LogP contribution in [0, 0.1) is 0 Å². The summed E-state index contributed by atoms with van der Waals surface area (Å²) in [7, 11) is 1.92. The molecule has 5 heteroatoms. The number of aromatic nitrogens is 4. The van der Waals surface area contributed by atoms with E-state index in [2.05, 4.69) is 35.8 Å². The minimum atomic E-state index is -0.0845. The third-order valence-corrected chi connectivity index (χ3v) is 3.75. The van der Waals surface area contributed by atoms with Crippen molar-refractivity contribution in [3.05, 3.63) is 45.4 Å². The summed E-state index contributed by atoms with van der Waals surface area (Å²) in [5, 5.41) is 4.54. The number of hydrogen-bond donors (Lipinski definition) is 1. The molecule has 22 heavy (non-hydrogen) atoms. The molecule has 0 unspecified atom stereocenters. The summed E-state index contributed by atoms with van der Waals surface area (Å²) in [5.41, 5.74) is 2.69. The molecule has 0 atom stereocenters. The minimum Gasteiger partial charge on any atom is -0.310 e. The van der Waals surface area contributed by atoms with Crippen LogP contribution in [-0.2, 0) is 12.5 Å². The summed E-state index contributed by atoms with van der Waals surface area (Å²) in [5.74, 6) is 1.25. The molecular weight excluding hydrogens is 276 g/mol. The zero-order valence-electron chi connectivity index (χ0n) is 13.6. The molecule has 0 saturated heterocycles. The van der Waals surface area contributed by atoms with Gasteiger partial charge in [-0.25, -0.2) is 4.98 Å². The lowest BCUT2D eigenvalue weighted by Crippen LogP contribution is -2.14. The fourth-order valence-electron chi connectivity index (χ4n) is 2.52. The van der Waals surface area contributed by atoms with E-state index in [1.54, 1.807) is 0 Å². The number of nitrogens with one attached hydrogen (secondary N) is 1. The fraction of sp³-hybridized carbons (Fsp3) is 0.471.